The average Bonchev–Trinajstić information content (AvgIpc) is 3.14. The molecule has 5 aromatic carbocycles. The van der Waals surface area contributed by atoms with Crippen molar-refractivity contribution in [2.75, 3.05) is 24.3 Å². The molecule has 2 N–H and O–H groups in total. The van der Waals surface area contributed by atoms with E-state index in [0.29, 0.717) is 47.3 Å². The number of carbonyl (C=O) groups excluding carboxylic acids is 2. The summed E-state index contributed by atoms with van der Waals surface area (Å²) < 4.78 is 24.6. The zero-order valence-electron chi connectivity index (χ0n) is 34.2. The molecular weight excluding hydrogens is 733 g/mol. The Morgan fingerprint density at radius 3 is 1.57 bits per heavy atom. The van der Waals surface area contributed by atoms with Gasteiger partial charge in [-0.05, 0) is 160 Å². The van der Waals surface area contributed by atoms with Gasteiger partial charge < -0.3 is 29.0 Å². The predicted octanol–water partition coefficient (Wildman–Crippen LogP) is 12.1. The van der Waals surface area contributed by atoms with E-state index in [1.54, 1.807) is 55.5 Å². The molecule has 0 aliphatic heterocycles. The summed E-state index contributed by atoms with van der Waals surface area (Å²) in [5.74, 6) is 2.55. The summed E-state index contributed by atoms with van der Waals surface area (Å²) in [5, 5.41) is 6.22. The molecular formula is C46H56N2O6Si2. The van der Waals surface area contributed by atoms with Gasteiger partial charge in [-0.25, -0.2) is 0 Å². The fraction of sp³-hybridized carbons (Fsp3) is 0.304. The number of benzene rings is 5. The van der Waals surface area contributed by atoms with Crippen LogP contribution in [0, 0.1) is 0 Å². The summed E-state index contributed by atoms with van der Waals surface area (Å²) in [6.45, 7) is 18.4. The number of rotatable bonds is 18. The largest absolute Gasteiger partial charge is 0.457 e. The molecule has 0 fully saturated rings. The van der Waals surface area contributed by atoms with Crippen LogP contribution in [0.2, 0.25) is 38.8 Å². The Hall–Kier alpha value is -5.01. The van der Waals surface area contributed by atoms with Crippen molar-refractivity contribution in [2.45, 2.75) is 78.0 Å². The van der Waals surface area contributed by atoms with Gasteiger partial charge in [-0.1, -0.05) is 38.1 Å². The summed E-state index contributed by atoms with van der Waals surface area (Å²) in [5.41, 5.74) is 5.77. The van der Waals surface area contributed by atoms with Gasteiger partial charge in [0.15, 0.2) is 22.4 Å². The Bertz CT molecular complexity index is 2070. The molecule has 5 rings (SSSR count). The first kappa shape index (κ1) is 42.1. The van der Waals surface area contributed by atoms with E-state index in [-0.39, 0.29) is 17.1 Å². The molecule has 10 heteroatoms. The smallest absolute Gasteiger partial charge is 0.255 e. The van der Waals surface area contributed by atoms with Crippen LogP contribution in [0.1, 0.15) is 64.6 Å². The molecule has 1 amide bonds. The van der Waals surface area contributed by atoms with E-state index in [0.717, 1.165) is 40.6 Å². The van der Waals surface area contributed by atoms with Gasteiger partial charge in [0, 0.05) is 41.6 Å². The number of hydrogen-bond donors (Lipinski definition) is 2. The molecule has 0 atom stereocenters. The zero-order valence-corrected chi connectivity index (χ0v) is 36.2. The highest BCUT2D eigenvalue weighted by molar-refractivity contribution is 6.84. The van der Waals surface area contributed by atoms with Crippen molar-refractivity contribution in [1.29, 1.82) is 0 Å². The maximum atomic E-state index is 13.2. The molecule has 0 spiro atoms. The van der Waals surface area contributed by atoms with Gasteiger partial charge in [0.1, 0.15) is 23.0 Å². The maximum Gasteiger partial charge on any atom is 0.255 e. The summed E-state index contributed by atoms with van der Waals surface area (Å²) in [4.78, 5) is 24.8. The molecule has 0 unspecified atom stereocenters. The quantitative estimate of drug-likeness (QED) is 0.0518. The Morgan fingerprint density at radius 2 is 1.11 bits per heavy atom. The lowest BCUT2D eigenvalue weighted by atomic mass is 9.78. The molecule has 0 bridgehead atoms. The van der Waals surface area contributed by atoms with Crippen molar-refractivity contribution < 1.29 is 27.9 Å². The molecule has 0 aliphatic carbocycles. The van der Waals surface area contributed by atoms with Crippen LogP contribution in [0.15, 0.2) is 115 Å². The third kappa shape index (κ3) is 12.2. The number of ketones is 1. The van der Waals surface area contributed by atoms with Gasteiger partial charge in [0.2, 0.25) is 0 Å². The third-order valence-corrected chi connectivity index (χ3v) is 15.7. The Labute approximate surface area is 334 Å². The minimum absolute atomic E-state index is 0.0259. The number of Topliss-reactive ketones (excluding diaryl/α,β-unsaturated/α-hetero) is 1. The SMILES string of the molecule is CNc1cc(COCCC[Si](C)(C)O[Si](C)(C)C)cc(NC(=O)c2ccc(Oc3ccc(C(C)(C)c4ccc(Oc5ccc(C(C)=O)cc5)cc4)cc3)cc2)c1. The molecule has 5 aromatic rings. The molecule has 0 heterocycles. The Kier molecular flexibility index (Phi) is 13.8. The van der Waals surface area contributed by atoms with Crippen molar-refractivity contribution in [3.63, 3.8) is 0 Å². The summed E-state index contributed by atoms with van der Waals surface area (Å²) >= 11 is 0. The number of carbonyl (C=O) groups is 2. The van der Waals surface area contributed by atoms with E-state index in [1.165, 1.54) is 0 Å². The lowest BCUT2D eigenvalue weighted by Gasteiger charge is -2.31. The van der Waals surface area contributed by atoms with Crippen molar-refractivity contribution >= 4 is 39.7 Å². The lowest BCUT2D eigenvalue weighted by molar-refractivity contribution is 0.101. The summed E-state index contributed by atoms with van der Waals surface area (Å²) in [6, 6.07) is 37.4. The molecule has 8 nitrogen and oxygen atoms in total. The molecule has 0 aliphatic rings. The van der Waals surface area contributed by atoms with E-state index in [9.17, 15) is 9.59 Å². The zero-order chi connectivity index (χ0) is 40.5. The van der Waals surface area contributed by atoms with E-state index >= 15 is 0 Å². The fourth-order valence-electron chi connectivity index (χ4n) is 6.62. The van der Waals surface area contributed by atoms with Gasteiger partial charge in [0.05, 0.1) is 6.61 Å². The van der Waals surface area contributed by atoms with Gasteiger partial charge in [-0.15, -0.1) is 0 Å². The first-order valence-electron chi connectivity index (χ1n) is 19.2. The van der Waals surface area contributed by atoms with Crippen LogP contribution in [0.4, 0.5) is 11.4 Å². The second-order valence-electron chi connectivity index (χ2n) is 16.2. The Balaban J connectivity index is 1.13. The standard InChI is InChI=1S/C46H56N2O6Si2/c1-33(49)35-11-19-41(20-12-35)52-43-23-15-37(16-24-43)46(2,3)38-17-25-44(26-18-38)53-42-21-13-36(14-22-42)45(50)48-40-30-34(29-39(31-40)47-4)32-51-27-10-28-56(8,9)54-55(5,6)7/h11-26,29-31,47H,10,27-28,32H2,1-9H3,(H,48,50). The molecule has 0 radical (unpaired) electrons. The first-order chi connectivity index (χ1) is 26.5. The number of hydrogen-bond acceptors (Lipinski definition) is 7. The van der Waals surface area contributed by atoms with Crippen molar-refractivity contribution in [1.82, 2.24) is 0 Å². The summed E-state index contributed by atoms with van der Waals surface area (Å²) in [7, 11) is -1.38. The molecule has 0 saturated heterocycles. The fourth-order valence-corrected chi connectivity index (χ4v) is 14.7. The van der Waals surface area contributed by atoms with Crippen molar-refractivity contribution in [3.8, 4) is 23.0 Å². The molecule has 0 aromatic heterocycles. The van der Waals surface area contributed by atoms with Gasteiger partial charge in [-0.3, -0.25) is 9.59 Å². The van der Waals surface area contributed by atoms with E-state index in [2.05, 4.69) is 81.5 Å². The van der Waals surface area contributed by atoms with Gasteiger partial charge >= 0.3 is 0 Å². The number of nitrogens with one attached hydrogen (secondary N) is 2. The van der Waals surface area contributed by atoms with E-state index in [1.807, 2.05) is 49.5 Å². The summed E-state index contributed by atoms with van der Waals surface area (Å²) in [6.07, 6.45) is 0.970. The molecule has 56 heavy (non-hydrogen) atoms. The molecule has 0 saturated carbocycles. The topological polar surface area (TPSA) is 95.1 Å². The normalized spacial score (nSPS) is 11.9. The van der Waals surface area contributed by atoms with E-state index in [4.69, 9.17) is 18.3 Å². The lowest BCUT2D eigenvalue weighted by Crippen LogP contribution is -2.42. The third-order valence-electron chi connectivity index (χ3n) is 9.46. The van der Waals surface area contributed by atoms with Gasteiger partial charge in [0.25, 0.3) is 5.91 Å². The highest BCUT2D eigenvalue weighted by Crippen LogP contribution is 2.35. The maximum absolute atomic E-state index is 13.2. The minimum atomic E-state index is -1.69. The van der Waals surface area contributed by atoms with Crippen LogP contribution in [0.25, 0.3) is 0 Å². The van der Waals surface area contributed by atoms with Crippen LogP contribution in [-0.4, -0.2) is 42.0 Å². The number of anilines is 2. The highest BCUT2D eigenvalue weighted by Gasteiger charge is 2.29. The second kappa shape index (κ2) is 18.3. The number of ether oxygens (including phenoxy) is 3. The molecule has 294 valence electrons. The minimum Gasteiger partial charge on any atom is -0.457 e. The first-order valence-corrected chi connectivity index (χ1v) is 25.7. The van der Waals surface area contributed by atoms with Crippen LogP contribution in [0.5, 0.6) is 23.0 Å². The average molecular weight is 789 g/mol. The number of amides is 1. The Morgan fingerprint density at radius 1 is 0.643 bits per heavy atom. The van der Waals surface area contributed by atoms with E-state index < -0.39 is 16.6 Å². The highest BCUT2D eigenvalue weighted by atomic mass is 28.4. The predicted molar refractivity (Wildman–Crippen MR) is 233 cm³/mol. The second-order valence-corrected chi connectivity index (χ2v) is 25.3. The van der Waals surface area contributed by atoms with Gasteiger partial charge in [-0.2, -0.15) is 0 Å². The van der Waals surface area contributed by atoms with Crippen LogP contribution >= 0.6 is 0 Å². The van der Waals surface area contributed by atoms with Crippen molar-refractivity contribution in [2.24, 2.45) is 0 Å². The van der Waals surface area contributed by atoms with Crippen molar-refractivity contribution in [3.05, 3.63) is 143 Å². The van der Waals surface area contributed by atoms with Crippen LogP contribution in [0.3, 0.4) is 0 Å². The van der Waals surface area contributed by atoms with Crippen LogP contribution < -0.4 is 20.1 Å². The van der Waals surface area contributed by atoms with Crippen LogP contribution in [-0.2, 0) is 20.9 Å². The monoisotopic (exact) mass is 788 g/mol.